The van der Waals surface area contributed by atoms with Crippen LogP contribution in [0.4, 0.5) is 16.3 Å². The Morgan fingerprint density at radius 1 is 1.23 bits per heavy atom. The Labute approximate surface area is 128 Å². The zero-order chi connectivity index (χ0) is 15.5. The van der Waals surface area contributed by atoms with Gasteiger partial charge in [0, 0.05) is 38.6 Å². The molecule has 1 aliphatic heterocycles. The number of hydrogen-bond acceptors (Lipinski definition) is 6. The van der Waals surface area contributed by atoms with Crippen LogP contribution in [0.3, 0.4) is 0 Å². The summed E-state index contributed by atoms with van der Waals surface area (Å²) in [5.74, 6) is 1.46. The fourth-order valence-electron chi connectivity index (χ4n) is 2.44. The highest BCUT2D eigenvalue weighted by molar-refractivity contribution is 5.90. The molecule has 116 valence electrons. The Morgan fingerprint density at radius 2 is 2.00 bits per heavy atom. The molecule has 0 aliphatic carbocycles. The molecule has 8 heteroatoms. The van der Waals surface area contributed by atoms with Crippen LogP contribution in [0.15, 0.2) is 23.1 Å². The number of urea groups is 1. The van der Waals surface area contributed by atoms with Crippen LogP contribution in [-0.2, 0) is 0 Å². The highest BCUT2D eigenvalue weighted by Gasteiger charge is 2.23. The minimum atomic E-state index is -0.131. The number of carbonyl (C=O) groups is 1. The largest absolute Gasteiger partial charge is 0.359 e. The van der Waals surface area contributed by atoms with Crippen LogP contribution in [0.1, 0.15) is 11.5 Å². The SMILES string of the molecule is Cc1noc(C)c1NC(=O)N1CCN(c2cnccn2)CC1. The van der Waals surface area contributed by atoms with Crippen LogP contribution < -0.4 is 10.2 Å². The van der Waals surface area contributed by atoms with Crippen molar-refractivity contribution >= 4 is 17.5 Å². The van der Waals surface area contributed by atoms with E-state index < -0.39 is 0 Å². The average Bonchev–Trinajstić information content (AvgIpc) is 2.88. The Bertz CT molecular complexity index is 629. The number of nitrogens with one attached hydrogen (secondary N) is 1. The molecule has 0 bridgehead atoms. The molecule has 0 unspecified atom stereocenters. The van der Waals surface area contributed by atoms with Crippen molar-refractivity contribution in [2.75, 3.05) is 36.4 Å². The Balaban J connectivity index is 1.58. The normalized spacial score (nSPS) is 15.0. The van der Waals surface area contributed by atoms with Crippen molar-refractivity contribution < 1.29 is 9.32 Å². The van der Waals surface area contributed by atoms with Crippen molar-refractivity contribution in [1.29, 1.82) is 0 Å². The predicted molar refractivity (Wildman–Crippen MR) is 80.8 cm³/mol. The molecular weight excluding hydrogens is 284 g/mol. The zero-order valence-electron chi connectivity index (χ0n) is 12.6. The minimum absolute atomic E-state index is 0.131. The van der Waals surface area contributed by atoms with Gasteiger partial charge >= 0.3 is 6.03 Å². The third-order valence-corrected chi connectivity index (χ3v) is 3.71. The summed E-state index contributed by atoms with van der Waals surface area (Å²) in [6.45, 7) is 6.30. The van der Waals surface area contributed by atoms with Gasteiger partial charge in [-0.25, -0.2) is 9.78 Å². The van der Waals surface area contributed by atoms with Gasteiger partial charge in [-0.2, -0.15) is 0 Å². The lowest BCUT2D eigenvalue weighted by atomic mass is 10.3. The van der Waals surface area contributed by atoms with E-state index in [4.69, 9.17) is 4.52 Å². The van der Waals surface area contributed by atoms with Crippen molar-refractivity contribution in [3.05, 3.63) is 30.0 Å². The Morgan fingerprint density at radius 3 is 2.59 bits per heavy atom. The molecule has 8 nitrogen and oxygen atoms in total. The summed E-state index contributed by atoms with van der Waals surface area (Å²) in [6.07, 6.45) is 5.06. The molecular formula is C14H18N6O2. The lowest BCUT2D eigenvalue weighted by molar-refractivity contribution is 0.208. The van der Waals surface area contributed by atoms with Gasteiger partial charge in [0.15, 0.2) is 5.76 Å². The molecule has 3 heterocycles. The number of amides is 2. The summed E-state index contributed by atoms with van der Waals surface area (Å²) in [5, 5.41) is 6.70. The van der Waals surface area contributed by atoms with E-state index in [0.29, 0.717) is 30.2 Å². The maximum atomic E-state index is 12.3. The maximum absolute atomic E-state index is 12.3. The molecule has 1 saturated heterocycles. The Kier molecular flexibility index (Phi) is 3.90. The van der Waals surface area contributed by atoms with Gasteiger partial charge in [0.05, 0.1) is 6.20 Å². The van der Waals surface area contributed by atoms with Gasteiger partial charge in [-0.15, -0.1) is 0 Å². The van der Waals surface area contributed by atoms with E-state index in [9.17, 15) is 4.79 Å². The van der Waals surface area contributed by atoms with Gasteiger partial charge in [-0.1, -0.05) is 5.16 Å². The number of hydrogen-bond donors (Lipinski definition) is 1. The number of nitrogens with zero attached hydrogens (tertiary/aromatic N) is 5. The highest BCUT2D eigenvalue weighted by Crippen LogP contribution is 2.19. The average molecular weight is 302 g/mol. The van der Waals surface area contributed by atoms with Crippen molar-refractivity contribution in [2.45, 2.75) is 13.8 Å². The van der Waals surface area contributed by atoms with E-state index in [1.165, 1.54) is 0 Å². The molecule has 1 fully saturated rings. The molecule has 2 aromatic heterocycles. The molecule has 0 radical (unpaired) electrons. The second kappa shape index (κ2) is 6.00. The first-order valence-electron chi connectivity index (χ1n) is 7.15. The molecule has 0 aromatic carbocycles. The van der Waals surface area contributed by atoms with Gasteiger partial charge in [0.2, 0.25) is 0 Å². The summed E-state index contributed by atoms with van der Waals surface area (Å²) in [7, 11) is 0. The lowest BCUT2D eigenvalue weighted by Gasteiger charge is -2.35. The number of anilines is 2. The van der Waals surface area contributed by atoms with Gasteiger partial charge < -0.3 is 19.6 Å². The van der Waals surface area contributed by atoms with Crippen molar-refractivity contribution in [2.24, 2.45) is 0 Å². The van der Waals surface area contributed by atoms with Gasteiger partial charge in [0.1, 0.15) is 17.2 Å². The third-order valence-electron chi connectivity index (χ3n) is 3.71. The van der Waals surface area contributed by atoms with Crippen LogP contribution in [0.5, 0.6) is 0 Å². The van der Waals surface area contributed by atoms with Crippen LogP contribution in [-0.4, -0.2) is 52.2 Å². The molecule has 0 saturated carbocycles. The molecule has 2 amide bonds. The monoisotopic (exact) mass is 302 g/mol. The summed E-state index contributed by atoms with van der Waals surface area (Å²) in [4.78, 5) is 24.6. The number of aryl methyl sites for hydroxylation is 2. The van der Waals surface area contributed by atoms with Crippen LogP contribution >= 0.6 is 0 Å². The predicted octanol–water partition coefficient (Wildman–Crippen LogP) is 1.44. The van der Waals surface area contributed by atoms with E-state index in [-0.39, 0.29) is 6.03 Å². The van der Waals surface area contributed by atoms with Crippen molar-refractivity contribution in [3.63, 3.8) is 0 Å². The van der Waals surface area contributed by atoms with Gasteiger partial charge in [-0.05, 0) is 13.8 Å². The lowest BCUT2D eigenvalue weighted by Crippen LogP contribution is -2.50. The summed E-state index contributed by atoms with van der Waals surface area (Å²) in [6, 6.07) is -0.131. The first kappa shape index (κ1) is 14.3. The quantitative estimate of drug-likeness (QED) is 0.903. The summed E-state index contributed by atoms with van der Waals surface area (Å²) < 4.78 is 5.05. The number of carbonyl (C=O) groups excluding carboxylic acids is 1. The van der Waals surface area contributed by atoms with Gasteiger partial charge in [0.25, 0.3) is 0 Å². The fraction of sp³-hybridized carbons (Fsp3) is 0.429. The van der Waals surface area contributed by atoms with Crippen LogP contribution in [0.25, 0.3) is 0 Å². The molecule has 2 aromatic rings. The van der Waals surface area contributed by atoms with E-state index in [2.05, 4.69) is 25.3 Å². The van der Waals surface area contributed by atoms with Crippen molar-refractivity contribution in [1.82, 2.24) is 20.0 Å². The molecule has 0 atom stereocenters. The highest BCUT2D eigenvalue weighted by atomic mass is 16.5. The smallest absolute Gasteiger partial charge is 0.322 e. The first-order valence-corrected chi connectivity index (χ1v) is 7.15. The maximum Gasteiger partial charge on any atom is 0.322 e. The van der Waals surface area contributed by atoms with Crippen molar-refractivity contribution in [3.8, 4) is 0 Å². The fourth-order valence-corrected chi connectivity index (χ4v) is 2.44. The molecule has 1 aliphatic rings. The minimum Gasteiger partial charge on any atom is -0.359 e. The molecule has 22 heavy (non-hydrogen) atoms. The van der Waals surface area contributed by atoms with E-state index in [0.717, 1.165) is 18.9 Å². The topological polar surface area (TPSA) is 87.4 Å². The summed E-state index contributed by atoms with van der Waals surface area (Å²) in [5.41, 5.74) is 1.34. The Hall–Kier alpha value is -2.64. The molecule has 0 spiro atoms. The number of aromatic nitrogens is 3. The standard InChI is InChI=1S/C14H18N6O2/c1-10-13(11(2)22-18-10)17-14(21)20-7-5-19(6-8-20)12-9-15-3-4-16-12/h3-4,9H,5-8H2,1-2H3,(H,17,21). The van der Waals surface area contributed by atoms with E-state index in [1.807, 2.05) is 0 Å². The zero-order valence-corrected chi connectivity index (χ0v) is 12.6. The second-order valence-electron chi connectivity index (χ2n) is 5.17. The van der Waals surface area contributed by atoms with Gasteiger partial charge in [-0.3, -0.25) is 4.98 Å². The first-order chi connectivity index (χ1) is 10.6. The van der Waals surface area contributed by atoms with Crippen LogP contribution in [0.2, 0.25) is 0 Å². The molecule has 3 rings (SSSR count). The molecule has 1 N–H and O–H groups in total. The number of rotatable bonds is 2. The third kappa shape index (κ3) is 2.85. The summed E-state index contributed by atoms with van der Waals surface area (Å²) >= 11 is 0. The van der Waals surface area contributed by atoms with E-state index in [1.54, 1.807) is 37.3 Å². The number of piperazine rings is 1. The van der Waals surface area contributed by atoms with E-state index >= 15 is 0 Å². The second-order valence-corrected chi connectivity index (χ2v) is 5.17. The van der Waals surface area contributed by atoms with Crippen LogP contribution in [0, 0.1) is 13.8 Å².